The number of carbonyl (C=O) groups excluding carboxylic acids is 2. The molecule has 0 N–H and O–H groups in total. The maximum Gasteiger partial charge on any atom is 0.230 e. The number of Topliss-reactive ketones (excluding diaryl/α,β-unsaturated/α-hetero) is 1. The number of benzene rings is 1. The van der Waals surface area contributed by atoms with Crippen molar-refractivity contribution in [2.45, 2.75) is 31.8 Å². The van der Waals surface area contributed by atoms with Crippen molar-refractivity contribution in [1.29, 1.82) is 0 Å². The Bertz CT molecular complexity index is 500. The summed E-state index contributed by atoms with van der Waals surface area (Å²) in [5, 5.41) is 0. The van der Waals surface area contributed by atoms with Gasteiger partial charge in [-0.15, -0.1) is 0 Å². The van der Waals surface area contributed by atoms with Gasteiger partial charge < -0.3 is 4.90 Å². The first-order valence-corrected chi connectivity index (χ1v) is 7.30. The highest BCUT2D eigenvalue weighted by atomic mass is 16.2. The van der Waals surface area contributed by atoms with E-state index in [2.05, 4.69) is 29.2 Å². The van der Waals surface area contributed by atoms with Crippen LogP contribution in [0.15, 0.2) is 30.3 Å². The average molecular weight is 272 g/mol. The topological polar surface area (TPSA) is 40.6 Å². The van der Waals surface area contributed by atoms with Crippen molar-refractivity contribution >= 4 is 11.7 Å². The Hall–Kier alpha value is -1.68. The van der Waals surface area contributed by atoms with Gasteiger partial charge in [-0.05, 0) is 24.9 Å². The van der Waals surface area contributed by atoms with Crippen LogP contribution in [0.4, 0.5) is 0 Å². The van der Waals surface area contributed by atoms with Gasteiger partial charge in [-0.25, -0.2) is 0 Å². The van der Waals surface area contributed by atoms with Crippen LogP contribution < -0.4 is 0 Å². The Morgan fingerprint density at radius 2 is 1.95 bits per heavy atom. The number of ketones is 1. The molecule has 1 unspecified atom stereocenters. The van der Waals surface area contributed by atoms with Gasteiger partial charge in [-0.2, -0.15) is 0 Å². The van der Waals surface area contributed by atoms with Gasteiger partial charge in [-0.3, -0.25) is 14.5 Å². The molecular formula is C16H20N2O2. The Balaban J connectivity index is 1.62. The summed E-state index contributed by atoms with van der Waals surface area (Å²) in [7, 11) is 0. The molecule has 4 nitrogen and oxygen atoms in total. The molecule has 1 atom stereocenters. The first-order valence-electron chi connectivity index (χ1n) is 7.30. The van der Waals surface area contributed by atoms with E-state index in [0.717, 1.165) is 32.5 Å². The highest BCUT2D eigenvalue weighted by Gasteiger charge is 2.35. The van der Waals surface area contributed by atoms with Crippen molar-refractivity contribution in [3.63, 3.8) is 0 Å². The molecule has 2 fully saturated rings. The molecule has 2 saturated heterocycles. The molecule has 1 amide bonds. The number of piperidine rings is 1. The van der Waals surface area contributed by atoms with Crippen molar-refractivity contribution in [2.24, 2.45) is 0 Å². The van der Waals surface area contributed by atoms with Crippen molar-refractivity contribution in [3.05, 3.63) is 35.9 Å². The molecule has 20 heavy (non-hydrogen) atoms. The largest absolute Gasteiger partial charge is 0.331 e. The molecule has 2 aliphatic rings. The minimum absolute atomic E-state index is 0.0153. The fourth-order valence-electron chi connectivity index (χ4n) is 3.21. The molecule has 0 spiro atoms. The van der Waals surface area contributed by atoms with E-state index in [0.29, 0.717) is 6.54 Å². The van der Waals surface area contributed by atoms with Gasteiger partial charge in [0.15, 0.2) is 5.78 Å². The molecule has 106 valence electrons. The lowest BCUT2D eigenvalue weighted by atomic mass is 10.0. The molecule has 2 heterocycles. The molecule has 4 heteroatoms. The fourth-order valence-corrected chi connectivity index (χ4v) is 3.21. The second kappa shape index (κ2) is 5.75. The molecule has 0 bridgehead atoms. The first-order chi connectivity index (χ1) is 9.72. The van der Waals surface area contributed by atoms with Crippen LogP contribution in [0, 0.1) is 0 Å². The lowest BCUT2D eigenvalue weighted by Crippen LogP contribution is -2.48. The van der Waals surface area contributed by atoms with Crippen LogP contribution in [0.1, 0.15) is 24.8 Å². The van der Waals surface area contributed by atoms with Crippen LogP contribution in [0.2, 0.25) is 0 Å². The van der Waals surface area contributed by atoms with E-state index in [4.69, 9.17) is 0 Å². The fraction of sp³-hybridized carbons (Fsp3) is 0.500. The molecular weight excluding hydrogens is 252 g/mol. The highest BCUT2D eigenvalue weighted by Crippen LogP contribution is 2.21. The lowest BCUT2D eigenvalue weighted by molar-refractivity contribution is -0.130. The SMILES string of the molecule is O=C1CC(=O)N(C2CCCN(Cc3ccccc3)C2)C1. The first kappa shape index (κ1) is 13.3. The third-order valence-corrected chi connectivity index (χ3v) is 4.19. The normalized spacial score (nSPS) is 24.4. The summed E-state index contributed by atoms with van der Waals surface area (Å²) >= 11 is 0. The van der Waals surface area contributed by atoms with Crippen LogP contribution in [0.5, 0.6) is 0 Å². The average Bonchev–Trinajstić information content (AvgIpc) is 2.79. The molecule has 1 aromatic rings. The Labute approximate surface area is 119 Å². The van der Waals surface area contributed by atoms with E-state index in [1.807, 2.05) is 6.07 Å². The molecule has 0 radical (unpaired) electrons. The van der Waals surface area contributed by atoms with Crippen molar-refractivity contribution < 1.29 is 9.59 Å². The van der Waals surface area contributed by atoms with E-state index < -0.39 is 0 Å². The predicted octanol–water partition coefficient (Wildman–Crippen LogP) is 1.45. The molecule has 0 aromatic heterocycles. The lowest BCUT2D eigenvalue weighted by Gasteiger charge is -2.37. The maximum atomic E-state index is 11.8. The zero-order chi connectivity index (χ0) is 13.9. The van der Waals surface area contributed by atoms with Gasteiger partial charge in [0, 0.05) is 19.1 Å². The van der Waals surface area contributed by atoms with Crippen LogP contribution in [-0.4, -0.2) is 47.2 Å². The summed E-state index contributed by atoms with van der Waals surface area (Å²) in [5.41, 5.74) is 1.30. The number of amides is 1. The quantitative estimate of drug-likeness (QED) is 0.782. The van der Waals surface area contributed by atoms with Crippen molar-refractivity contribution in [2.75, 3.05) is 19.6 Å². The highest BCUT2D eigenvalue weighted by molar-refractivity contribution is 6.05. The molecule has 0 saturated carbocycles. The third-order valence-electron chi connectivity index (χ3n) is 4.19. The number of rotatable bonds is 3. The third kappa shape index (κ3) is 2.90. The van der Waals surface area contributed by atoms with Crippen molar-refractivity contribution in [3.8, 4) is 0 Å². The van der Waals surface area contributed by atoms with Crippen LogP contribution in [0.25, 0.3) is 0 Å². The summed E-state index contributed by atoms with van der Waals surface area (Å²) < 4.78 is 0. The number of likely N-dealkylation sites (tertiary alicyclic amines) is 2. The zero-order valence-corrected chi connectivity index (χ0v) is 11.6. The van der Waals surface area contributed by atoms with Gasteiger partial charge in [0.05, 0.1) is 13.0 Å². The summed E-state index contributed by atoms with van der Waals surface area (Å²) in [5.74, 6) is 0.0803. The van der Waals surface area contributed by atoms with Crippen LogP contribution >= 0.6 is 0 Å². The molecule has 1 aromatic carbocycles. The van der Waals surface area contributed by atoms with Gasteiger partial charge in [0.2, 0.25) is 5.91 Å². The number of nitrogens with zero attached hydrogens (tertiary/aromatic N) is 2. The minimum Gasteiger partial charge on any atom is -0.331 e. The van der Waals surface area contributed by atoms with E-state index in [1.165, 1.54) is 5.56 Å². The Kier molecular flexibility index (Phi) is 3.83. The second-order valence-corrected chi connectivity index (χ2v) is 5.75. The Morgan fingerprint density at radius 3 is 2.65 bits per heavy atom. The van der Waals surface area contributed by atoms with E-state index in [9.17, 15) is 9.59 Å². The number of hydrogen-bond acceptors (Lipinski definition) is 3. The summed E-state index contributed by atoms with van der Waals surface area (Å²) in [6.07, 6.45) is 2.22. The summed E-state index contributed by atoms with van der Waals surface area (Å²) in [6.45, 7) is 3.20. The monoisotopic (exact) mass is 272 g/mol. The maximum absolute atomic E-state index is 11.8. The predicted molar refractivity (Wildman–Crippen MR) is 76.1 cm³/mol. The minimum atomic E-state index is 0.0153. The zero-order valence-electron chi connectivity index (χ0n) is 11.6. The smallest absolute Gasteiger partial charge is 0.230 e. The summed E-state index contributed by atoms with van der Waals surface area (Å²) in [6, 6.07) is 10.6. The van der Waals surface area contributed by atoms with Crippen LogP contribution in [0.3, 0.4) is 0 Å². The number of carbonyl (C=O) groups is 2. The van der Waals surface area contributed by atoms with Gasteiger partial charge >= 0.3 is 0 Å². The summed E-state index contributed by atoms with van der Waals surface area (Å²) in [4.78, 5) is 27.4. The second-order valence-electron chi connectivity index (χ2n) is 5.75. The van der Waals surface area contributed by atoms with Gasteiger partial charge in [0.1, 0.15) is 0 Å². The molecule has 3 rings (SSSR count). The van der Waals surface area contributed by atoms with E-state index in [1.54, 1.807) is 4.90 Å². The van der Waals surface area contributed by atoms with E-state index in [-0.39, 0.29) is 24.2 Å². The van der Waals surface area contributed by atoms with E-state index >= 15 is 0 Å². The molecule has 0 aliphatic carbocycles. The number of hydrogen-bond donors (Lipinski definition) is 0. The Morgan fingerprint density at radius 1 is 1.15 bits per heavy atom. The van der Waals surface area contributed by atoms with Gasteiger partial charge in [-0.1, -0.05) is 30.3 Å². The van der Waals surface area contributed by atoms with Gasteiger partial charge in [0.25, 0.3) is 0 Å². The standard InChI is InChI=1S/C16H20N2O2/c19-15-9-16(20)18(12-15)14-7-4-8-17(11-14)10-13-5-2-1-3-6-13/h1-3,5-6,14H,4,7-12H2. The molecule has 2 aliphatic heterocycles. The van der Waals surface area contributed by atoms with Crippen molar-refractivity contribution in [1.82, 2.24) is 9.80 Å². The van der Waals surface area contributed by atoms with Crippen LogP contribution in [-0.2, 0) is 16.1 Å².